The van der Waals surface area contributed by atoms with Crippen molar-refractivity contribution in [3.05, 3.63) is 34.3 Å². The Kier molecular flexibility index (Phi) is 2.90. The minimum atomic E-state index is 0.575. The molecule has 3 aromatic rings. The molecule has 19 heavy (non-hydrogen) atoms. The summed E-state index contributed by atoms with van der Waals surface area (Å²) in [7, 11) is 0. The number of pyridine rings is 1. The third-order valence-electron chi connectivity index (χ3n) is 2.89. The van der Waals surface area contributed by atoms with Crippen molar-refractivity contribution in [3.63, 3.8) is 0 Å². The molecule has 0 saturated carbocycles. The minimum absolute atomic E-state index is 0.575. The molecule has 0 amide bonds. The fourth-order valence-corrected chi connectivity index (χ4v) is 2.28. The van der Waals surface area contributed by atoms with Crippen molar-refractivity contribution in [1.29, 1.82) is 0 Å². The number of H-pyrrole nitrogens is 1. The minimum Gasteiger partial charge on any atom is -0.340 e. The van der Waals surface area contributed by atoms with Crippen molar-refractivity contribution < 1.29 is 4.52 Å². The Labute approximate surface area is 114 Å². The van der Waals surface area contributed by atoms with Crippen molar-refractivity contribution >= 4 is 23.4 Å². The monoisotopic (exact) mass is 275 g/mol. The van der Waals surface area contributed by atoms with Gasteiger partial charge in [-0.2, -0.15) is 4.98 Å². The van der Waals surface area contributed by atoms with Crippen LogP contribution in [0.1, 0.15) is 17.4 Å². The van der Waals surface area contributed by atoms with Crippen LogP contribution in [0.25, 0.3) is 11.2 Å². The van der Waals surface area contributed by atoms with Gasteiger partial charge in [-0.15, -0.1) is 0 Å². The highest BCUT2D eigenvalue weighted by molar-refractivity contribution is 7.71. The molecule has 0 aliphatic rings. The molecule has 1 N–H and O–H groups in total. The molecule has 0 unspecified atom stereocenters. The van der Waals surface area contributed by atoms with Gasteiger partial charge in [0.05, 0.1) is 5.52 Å². The van der Waals surface area contributed by atoms with E-state index in [9.17, 15) is 0 Å². The number of rotatable bonds is 3. The molecule has 7 heteroatoms. The van der Waals surface area contributed by atoms with Crippen LogP contribution in [0.4, 0.5) is 0 Å². The number of aromatic nitrogens is 5. The molecule has 0 radical (unpaired) electrons. The van der Waals surface area contributed by atoms with Crippen LogP contribution in [-0.4, -0.2) is 24.7 Å². The van der Waals surface area contributed by atoms with E-state index in [0.717, 1.165) is 16.9 Å². The predicted octanol–water partition coefficient (Wildman–Crippen LogP) is 2.34. The highest BCUT2D eigenvalue weighted by Gasteiger charge is 2.08. The normalized spacial score (nSPS) is 11.3. The Morgan fingerprint density at radius 2 is 2.16 bits per heavy atom. The molecule has 0 atom stereocenters. The Bertz CT molecular complexity index is 785. The largest absolute Gasteiger partial charge is 0.340 e. The van der Waals surface area contributed by atoms with Crippen molar-refractivity contribution in [2.75, 3.05) is 0 Å². The van der Waals surface area contributed by atoms with Crippen LogP contribution in [0.3, 0.4) is 0 Å². The van der Waals surface area contributed by atoms with Crippen LogP contribution < -0.4 is 0 Å². The van der Waals surface area contributed by atoms with Crippen molar-refractivity contribution in [2.45, 2.75) is 26.8 Å². The summed E-state index contributed by atoms with van der Waals surface area (Å²) in [6.45, 7) is 4.41. The van der Waals surface area contributed by atoms with Gasteiger partial charge < -0.3 is 14.1 Å². The average Bonchev–Trinajstić information content (AvgIpc) is 2.90. The number of aryl methyl sites for hydroxylation is 4. The van der Waals surface area contributed by atoms with Gasteiger partial charge in [-0.3, -0.25) is 0 Å². The zero-order valence-corrected chi connectivity index (χ0v) is 11.5. The first-order valence-electron chi connectivity index (χ1n) is 5.99. The van der Waals surface area contributed by atoms with Gasteiger partial charge in [-0.05, 0) is 31.3 Å². The second kappa shape index (κ2) is 4.58. The van der Waals surface area contributed by atoms with Crippen LogP contribution >= 0.6 is 12.2 Å². The van der Waals surface area contributed by atoms with E-state index < -0.39 is 0 Å². The second-order valence-electron chi connectivity index (χ2n) is 4.39. The third-order valence-corrected chi connectivity index (χ3v) is 3.21. The summed E-state index contributed by atoms with van der Waals surface area (Å²) < 4.78 is 7.57. The summed E-state index contributed by atoms with van der Waals surface area (Å²) in [5.41, 5.74) is 2.77. The number of fused-ring (bicyclic) bond motifs is 1. The summed E-state index contributed by atoms with van der Waals surface area (Å²) in [6.07, 6.45) is 0.661. The summed E-state index contributed by atoms with van der Waals surface area (Å²) in [5.74, 6) is 1.26. The zero-order valence-electron chi connectivity index (χ0n) is 10.7. The Morgan fingerprint density at radius 3 is 2.89 bits per heavy atom. The molecule has 0 saturated heterocycles. The highest BCUT2D eigenvalue weighted by atomic mass is 32.1. The number of aromatic amines is 1. The quantitative estimate of drug-likeness (QED) is 0.743. The molecular weight excluding hydrogens is 262 g/mol. The lowest BCUT2D eigenvalue weighted by Gasteiger charge is -2.01. The summed E-state index contributed by atoms with van der Waals surface area (Å²) in [4.78, 5) is 11.8. The van der Waals surface area contributed by atoms with Gasteiger partial charge in [-0.25, -0.2) is 4.98 Å². The summed E-state index contributed by atoms with van der Waals surface area (Å²) in [5, 5.41) is 3.88. The number of nitrogens with one attached hydrogen (secondary N) is 1. The van der Waals surface area contributed by atoms with Crippen LogP contribution in [0.5, 0.6) is 0 Å². The predicted molar refractivity (Wildman–Crippen MR) is 72.4 cm³/mol. The van der Waals surface area contributed by atoms with E-state index in [4.69, 9.17) is 16.7 Å². The Morgan fingerprint density at radius 1 is 1.32 bits per heavy atom. The SMILES string of the molecule is Cc1ccc2[nH]c(=S)n(CCc3noc(C)n3)c2n1. The number of hydrogen-bond donors (Lipinski definition) is 1. The Balaban J connectivity index is 1.94. The van der Waals surface area contributed by atoms with E-state index in [1.807, 2.05) is 23.6 Å². The van der Waals surface area contributed by atoms with Gasteiger partial charge in [-0.1, -0.05) is 5.16 Å². The van der Waals surface area contributed by atoms with E-state index >= 15 is 0 Å². The molecular formula is C12H13N5OS. The highest BCUT2D eigenvalue weighted by Crippen LogP contribution is 2.13. The molecule has 6 nitrogen and oxygen atoms in total. The maximum atomic E-state index is 5.32. The standard InChI is InChI=1S/C12H13N5OS/c1-7-3-4-9-11(13-7)17(12(19)15-9)6-5-10-14-8(2)18-16-10/h3-4H,5-6H2,1-2H3,(H,15,19). The van der Waals surface area contributed by atoms with Gasteiger partial charge in [0.25, 0.3) is 0 Å². The smallest absolute Gasteiger partial charge is 0.223 e. The molecule has 0 aromatic carbocycles. The van der Waals surface area contributed by atoms with Crippen molar-refractivity contribution in [1.82, 2.24) is 24.7 Å². The molecule has 98 valence electrons. The van der Waals surface area contributed by atoms with Gasteiger partial charge in [0.2, 0.25) is 5.89 Å². The van der Waals surface area contributed by atoms with E-state index in [0.29, 0.717) is 29.5 Å². The first-order valence-corrected chi connectivity index (χ1v) is 6.39. The molecule has 0 aliphatic heterocycles. The lowest BCUT2D eigenvalue weighted by molar-refractivity contribution is 0.386. The average molecular weight is 275 g/mol. The fourth-order valence-electron chi connectivity index (χ4n) is 1.99. The molecule has 0 spiro atoms. The maximum Gasteiger partial charge on any atom is 0.223 e. The molecule has 3 aromatic heterocycles. The maximum absolute atomic E-state index is 5.32. The van der Waals surface area contributed by atoms with Gasteiger partial charge in [0, 0.05) is 25.6 Å². The van der Waals surface area contributed by atoms with Gasteiger partial charge in [0.15, 0.2) is 16.2 Å². The summed E-state index contributed by atoms with van der Waals surface area (Å²) >= 11 is 5.32. The zero-order chi connectivity index (χ0) is 13.4. The van der Waals surface area contributed by atoms with Gasteiger partial charge >= 0.3 is 0 Å². The number of hydrogen-bond acceptors (Lipinski definition) is 5. The van der Waals surface area contributed by atoms with E-state index in [2.05, 4.69) is 20.1 Å². The lowest BCUT2D eigenvalue weighted by Crippen LogP contribution is -2.04. The van der Waals surface area contributed by atoms with Crippen molar-refractivity contribution in [3.8, 4) is 0 Å². The third kappa shape index (κ3) is 2.28. The lowest BCUT2D eigenvalue weighted by atomic mass is 10.3. The molecule has 3 rings (SSSR count). The first kappa shape index (κ1) is 12.0. The van der Waals surface area contributed by atoms with Crippen LogP contribution in [0.2, 0.25) is 0 Å². The molecule has 3 heterocycles. The van der Waals surface area contributed by atoms with E-state index in [1.165, 1.54) is 0 Å². The Hall–Kier alpha value is -2.02. The van der Waals surface area contributed by atoms with E-state index in [-0.39, 0.29) is 0 Å². The first-order chi connectivity index (χ1) is 9.13. The van der Waals surface area contributed by atoms with Crippen LogP contribution in [-0.2, 0) is 13.0 Å². The number of nitrogens with zero attached hydrogens (tertiary/aromatic N) is 4. The number of imidazole rings is 1. The van der Waals surface area contributed by atoms with Crippen LogP contribution in [0, 0.1) is 18.6 Å². The van der Waals surface area contributed by atoms with E-state index in [1.54, 1.807) is 6.92 Å². The summed E-state index contributed by atoms with van der Waals surface area (Å²) in [6, 6.07) is 3.95. The molecule has 0 aliphatic carbocycles. The topological polar surface area (TPSA) is 72.5 Å². The van der Waals surface area contributed by atoms with Gasteiger partial charge in [0.1, 0.15) is 0 Å². The molecule has 0 fully saturated rings. The van der Waals surface area contributed by atoms with Crippen molar-refractivity contribution in [2.24, 2.45) is 0 Å². The molecule has 0 bridgehead atoms. The second-order valence-corrected chi connectivity index (χ2v) is 4.77. The van der Waals surface area contributed by atoms with Crippen LogP contribution in [0.15, 0.2) is 16.7 Å². The fraction of sp³-hybridized carbons (Fsp3) is 0.333.